The lowest BCUT2D eigenvalue weighted by molar-refractivity contribution is 0.0433. The highest BCUT2D eigenvalue weighted by molar-refractivity contribution is 5.28. The summed E-state index contributed by atoms with van der Waals surface area (Å²) >= 11 is 0. The monoisotopic (exact) mass is 275 g/mol. The number of aliphatic hydroxyl groups excluding tert-OH is 1. The first kappa shape index (κ1) is 15.0. The minimum atomic E-state index is -0.829. The Labute approximate surface area is 120 Å². The first-order chi connectivity index (χ1) is 9.59. The van der Waals surface area contributed by atoms with Gasteiger partial charge in [-0.05, 0) is 37.0 Å². The molecule has 0 saturated heterocycles. The molecule has 1 fully saturated rings. The highest BCUT2D eigenvalue weighted by Gasteiger charge is 2.38. The molecular formula is C17H22FNO. The molecule has 108 valence electrons. The summed E-state index contributed by atoms with van der Waals surface area (Å²) in [6.07, 6.45) is 6.03. The molecule has 0 aliphatic heterocycles. The van der Waals surface area contributed by atoms with E-state index in [1.165, 1.54) is 12.5 Å². The molecule has 0 spiro atoms. The normalized spacial score (nSPS) is 20.5. The molecule has 2 nitrogen and oxygen atoms in total. The van der Waals surface area contributed by atoms with E-state index in [4.69, 9.17) is 0 Å². The molecule has 0 radical (unpaired) electrons. The zero-order valence-corrected chi connectivity index (χ0v) is 12.0. The van der Waals surface area contributed by atoms with Crippen LogP contribution in [0.2, 0.25) is 0 Å². The molecule has 1 aliphatic rings. The molecule has 3 heteroatoms. The van der Waals surface area contributed by atoms with Crippen molar-refractivity contribution in [3.05, 3.63) is 35.1 Å². The molecule has 2 rings (SSSR count). The van der Waals surface area contributed by atoms with Gasteiger partial charge in [-0.2, -0.15) is 5.26 Å². The van der Waals surface area contributed by atoms with Crippen LogP contribution in [0, 0.1) is 29.5 Å². The summed E-state index contributed by atoms with van der Waals surface area (Å²) in [6.45, 7) is 1.68. The number of aryl methyl sites for hydroxylation is 1. The fraction of sp³-hybridized carbons (Fsp3) is 0.588. The van der Waals surface area contributed by atoms with Crippen LogP contribution in [0.15, 0.2) is 18.2 Å². The van der Waals surface area contributed by atoms with Crippen molar-refractivity contribution in [1.29, 1.82) is 5.26 Å². The zero-order valence-electron chi connectivity index (χ0n) is 12.0. The van der Waals surface area contributed by atoms with Crippen molar-refractivity contribution in [3.63, 3.8) is 0 Å². The molecule has 1 saturated carbocycles. The van der Waals surface area contributed by atoms with Crippen molar-refractivity contribution in [3.8, 4) is 6.07 Å². The lowest BCUT2D eigenvalue weighted by Crippen LogP contribution is -2.28. The maximum Gasteiger partial charge on any atom is 0.126 e. The fourth-order valence-corrected chi connectivity index (χ4v) is 3.14. The van der Waals surface area contributed by atoms with Crippen LogP contribution >= 0.6 is 0 Å². The van der Waals surface area contributed by atoms with Crippen LogP contribution in [0.4, 0.5) is 4.39 Å². The van der Waals surface area contributed by atoms with Gasteiger partial charge in [0.2, 0.25) is 0 Å². The largest absolute Gasteiger partial charge is 0.387 e. The SMILES string of the molecule is Cc1cc(C(O)C2(C#N)CCCCCCC2)ccc1F. The first-order valence-corrected chi connectivity index (χ1v) is 7.44. The Morgan fingerprint density at radius 2 is 1.80 bits per heavy atom. The molecule has 0 aromatic heterocycles. The van der Waals surface area contributed by atoms with Crippen molar-refractivity contribution in [2.75, 3.05) is 0 Å². The molecule has 20 heavy (non-hydrogen) atoms. The summed E-state index contributed by atoms with van der Waals surface area (Å²) in [5, 5.41) is 20.3. The van der Waals surface area contributed by atoms with Crippen molar-refractivity contribution >= 4 is 0 Å². The Bertz CT molecular complexity index is 498. The minimum Gasteiger partial charge on any atom is -0.387 e. The van der Waals surface area contributed by atoms with Crippen LogP contribution in [0.25, 0.3) is 0 Å². The summed E-state index contributed by atoms with van der Waals surface area (Å²) in [5.74, 6) is -0.273. The second-order valence-electron chi connectivity index (χ2n) is 5.95. The second kappa shape index (κ2) is 6.37. The maximum atomic E-state index is 13.4. The van der Waals surface area contributed by atoms with Crippen molar-refractivity contribution in [2.24, 2.45) is 5.41 Å². The molecule has 0 heterocycles. The van der Waals surface area contributed by atoms with E-state index in [1.807, 2.05) is 0 Å². The third-order valence-electron chi connectivity index (χ3n) is 4.49. The molecule has 1 atom stereocenters. The van der Waals surface area contributed by atoms with E-state index < -0.39 is 11.5 Å². The quantitative estimate of drug-likeness (QED) is 0.868. The van der Waals surface area contributed by atoms with Gasteiger partial charge in [0.15, 0.2) is 0 Å². The minimum absolute atomic E-state index is 0.273. The lowest BCUT2D eigenvalue weighted by atomic mass is 9.71. The fourth-order valence-electron chi connectivity index (χ4n) is 3.14. The van der Waals surface area contributed by atoms with E-state index in [0.29, 0.717) is 11.1 Å². The van der Waals surface area contributed by atoms with Gasteiger partial charge in [0, 0.05) is 0 Å². The van der Waals surface area contributed by atoms with E-state index in [2.05, 4.69) is 6.07 Å². The summed E-state index contributed by atoms with van der Waals surface area (Å²) in [4.78, 5) is 0. The van der Waals surface area contributed by atoms with Crippen LogP contribution in [-0.4, -0.2) is 5.11 Å². The van der Waals surface area contributed by atoms with Gasteiger partial charge in [-0.1, -0.05) is 44.2 Å². The average Bonchev–Trinajstić information content (AvgIpc) is 2.42. The van der Waals surface area contributed by atoms with Crippen LogP contribution in [-0.2, 0) is 0 Å². The first-order valence-electron chi connectivity index (χ1n) is 7.44. The smallest absolute Gasteiger partial charge is 0.126 e. The summed E-state index contributed by atoms with van der Waals surface area (Å²) in [5.41, 5.74) is 0.455. The number of benzene rings is 1. The van der Waals surface area contributed by atoms with Crippen LogP contribution in [0.5, 0.6) is 0 Å². The van der Waals surface area contributed by atoms with Crippen LogP contribution in [0.3, 0.4) is 0 Å². The Hall–Kier alpha value is -1.40. The molecule has 1 aromatic carbocycles. The average molecular weight is 275 g/mol. The second-order valence-corrected chi connectivity index (χ2v) is 5.95. The maximum absolute atomic E-state index is 13.4. The summed E-state index contributed by atoms with van der Waals surface area (Å²) in [7, 11) is 0. The van der Waals surface area contributed by atoms with Crippen molar-refractivity contribution in [1.82, 2.24) is 0 Å². The highest BCUT2D eigenvalue weighted by Crippen LogP contribution is 2.44. The Morgan fingerprint density at radius 1 is 1.20 bits per heavy atom. The van der Waals surface area contributed by atoms with Gasteiger partial charge in [0.25, 0.3) is 0 Å². The molecule has 1 aromatic rings. The van der Waals surface area contributed by atoms with E-state index in [9.17, 15) is 14.8 Å². The van der Waals surface area contributed by atoms with Crippen LogP contribution in [0.1, 0.15) is 62.2 Å². The lowest BCUT2D eigenvalue weighted by Gasteiger charge is -2.33. The number of rotatable bonds is 2. The Kier molecular flexibility index (Phi) is 4.77. The van der Waals surface area contributed by atoms with Gasteiger partial charge in [0.1, 0.15) is 5.82 Å². The number of aliphatic hydroxyl groups is 1. The topological polar surface area (TPSA) is 44.0 Å². The predicted octanol–water partition coefficient (Wildman–Crippen LogP) is 4.42. The summed E-state index contributed by atoms with van der Waals surface area (Å²) < 4.78 is 13.4. The van der Waals surface area contributed by atoms with Gasteiger partial charge in [0.05, 0.1) is 17.6 Å². The van der Waals surface area contributed by atoms with E-state index in [1.54, 1.807) is 19.1 Å². The number of hydrogen-bond acceptors (Lipinski definition) is 2. The molecular weight excluding hydrogens is 253 g/mol. The molecule has 0 amide bonds. The standard InChI is InChI=1S/C17H22FNO/c1-13-11-14(7-8-15(13)18)16(20)17(12-19)9-5-3-2-4-6-10-17/h7-8,11,16,20H,2-6,9-10H2,1H3. The zero-order chi connectivity index (χ0) is 14.6. The number of halogens is 1. The Balaban J connectivity index is 2.28. The van der Waals surface area contributed by atoms with Crippen molar-refractivity contribution in [2.45, 2.75) is 58.0 Å². The van der Waals surface area contributed by atoms with Gasteiger partial charge in [-0.25, -0.2) is 4.39 Å². The Morgan fingerprint density at radius 3 is 2.35 bits per heavy atom. The molecule has 1 N–H and O–H groups in total. The number of nitriles is 1. The van der Waals surface area contributed by atoms with Gasteiger partial charge in [-0.15, -0.1) is 0 Å². The van der Waals surface area contributed by atoms with Gasteiger partial charge >= 0.3 is 0 Å². The third-order valence-corrected chi connectivity index (χ3v) is 4.49. The van der Waals surface area contributed by atoms with E-state index in [0.717, 1.165) is 38.5 Å². The molecule has 1 aliphatic carbocycles. The number of nitrogens with zero attached hydrogens (tertiary/aromatic N) is 1. The third kappa shape index (κ3) is 3.02. The predicted molar refractivity (Wildman–Crippen MR) is 76.5 cm³/mol. The molecule has 1 unspecified atom stereocenters. The van der Waals surface area contributed by atoms with Gasteiger partial charge in [-0.3, -0.25) is 0 Å². The van der Waals surface area contributed by atoms with E-state index >= 15 is 0 Å². The van der Waals surface area contributed by atoms with Crippen LogP contribution < -0.4 is 0 Å². The van der Waals surface area contributed by atoms with Crippen molar-refractivity contribution < 1.29 is 9.50 Å². The highest BCUT2D eigenvalue weighted by atomic mass is 19.1. The summed E-state index contributed by atoms with van der Waals surface area (Å²) in [6, 6.07) is 7.02. The van der Waals surface area contributed by atoms with E-state index in [-0.39, 0.29) is 5.82 Å². The number of hydrogen-bond donors (Lipinski definition) is 1. The molecule has 0 bridgehead atoms. The van der Waals surface area contributed by atoms with Gasteiger partial charge < -0.3 is 5.11 Å².